The molecule has 94 valence electrons. The molecule has 1 saturated heterocycles. The molecule has 0 aromatic carbocycles. The summed E-state index contributed by atoms with van der Waals surface area (Å²) in [5.41, 5.74) is 0. The summed E-state index contributed by atoms with van der Waals surface area (Å²) >= 11 is 5.89. The lowest BCUT2D eigenvalue weighted by Gasteiger charge is -2.16. The van der Waals surface area contributed by atoms with E-state index in [1.165, 1.54) is 12.8 Å². The van der Waals surface area contributed by atoms with Crippen molar-refractivity contribution in [3.63, 3.8) is 0 Å². The predicted octanol–water partition coefficient (Wildman–Crippen LogP) is 2.30. The molecule has 1 fully saturated rings. The van der Waals surface area contributed by atoms with Gasteiger partial charge in [0.2, 0.25) is 11.2 Å². The molecular weight excluding hydrogens is 240 g/mol. The number of nitrogens with zero attached hydrogens (tertiary/aromatic N) is 4. The quantitative estimate of drug-likeness (QED) is 0.827. The fourth-order valence-electron chi connectivity index (χ4n) is 1.70. The maximum atomic E-state index is 5.89. The lowest BCUT2D eigenvalue weighted by Crippen LogP contribution is -2.22. The molecule has 0 spiro atoms. The fourth-order valence-corrected chi connectivity index (χ4v) is 1.84. The summed E-state index contributed by atoms with van der Waals surface area (Å²) in [6.07, 6.45) is 3.33. The largest absolute Gasteiger partial charge is 0.460 e. The predicted molar refractivity (Wildman–Crippen MR) is 66.7 cm³/mol. The van der Waals surface area contributed by atoms with Crippen molar-refractivity contribution in [2.24, 2.45) is 0 Å². The summed E-state index contributed by atoms with van der Waals surface area (Å²) < 4.78 is 5.57. The Hall–Kier alpha value is -1.10. The van der Waals surface area contributed by atoms with E-state index in [0.29, 0.717) is 12.0 Å². The Labute approximate surface area is 106 Å². The first-order chi connectivity index (χ1) is 8.19. The molecule has 5 nitrogen and oxygen atoms in total. The molecule has 0 aliphatic carbocycles. The Morgan fingerprint density at radius 3 is 2.65 bits per heavy atom. The molecule has 17 heavy (non-hydrogen) atoms. The van der Waals surface area contributed by atoms with Crippen LogP contribution in [0.2, 0.25) is 5.28 Å². The van der Waals surface area contributed by atoms with Gasteiger partial charge in [-0.05, 0) is 37.8 Å². The second-order valence-electron chi connectivity index (χ2n) is 4.22. The molecule has 0 amide bonds. The van der Waals surface area contributed by atoms with Crippen LogP contribution in [-0.4, -0.2) is 34.1 Å². The summed E-state index contributed by atoms with van der Waals surface area (Å²) in [6, 6.07) is 0.321. The van der Waals surface area contributed by atoms with Gasteiger partial charge in [-0.25, -0.2) is 0 Å². The highest BCUT2D eigenvalue weighted by molar-refractivity contribution is 6.28. The second kappa shape index (κ2) is 5.49. The molecule has 0 saturated carbocycles. The molecule has 1 aliphatic rings. The van der Waals surface area contributed by atoms with E-state index in [1.807, 2.05) is 6.92 Å². The Balaban J connectivity index is 2.16. The van der Waals surface area contributed by atoms with Crippen LogP contribution in [-0.2, 0) is 0 Å². The van der Waals surface area contributed by atoms with Crippen LogP contribution in [0.15, 0.2) is 0 Å². The SMILES string of the molecule is CCC(C)Oc1nc(Cl)nc(N2CCCC2)n1. The summed E-state index contributed by atoms with van der Waals surface area (Å²) in [4.78, 5) is 14.5. The number of ether oxygens (including phenoxy) is 1. The topological polar surface area (TPSA) is 51.1 Å². The number of hydrogen-bond acceptors (Lipinski definition) is 5. The summed E-state index contributed by atoms with van der Waals surface area (Å²) in [5, 5.41) is 0.195. The molecule has 1 aromatic rings. The van der Waals surface area contributed by atoms with Gasteiger partial charge in [0.05, 0.1) is 6.10 Å². The summed E-state index contributed by atoms with van der Waals surface area (Å²) in [7, 11) is 0. The maximum Gasteiger partial charge on any atom is 0.322 e. The first-order valence-electron chi connectivity index (χ1n) is 6.02. The zero-order valence-electron chi connectivity index (χ0n) is 10.2. The van der Waals surface area contributed by atoms with E-state index in [2.05, 4.69) is 26.8 Å². The van der Waals surface area contributed by atoms with Gasteiger partial charge in [0.15, 0.2) is 0 Å². The molecule has 1 aromatic heterocycles. The van der Waals surface area contributed by atoms with Crippen molar-refractivity contribution in [3.05, 3.63) is 5.28 Å². The van der Waals surface area contributed by atoms with E-state index in [4.69, 9.17) is 16.3 Å². The van der Waals surface area contributed by atoms with Crippen molar-refractivity contribution in [1.82, 2.24) is 15.0 Å². The van der Waals surface area contributed by atoms with Crippen LogP contribution in [0.4, 0.5) is 5.95 Å². The van der Waals surface area contributed by atoms with Crippen LogP contribution in [0.3, 0.4) is 0 Å². The van der Waals surface area contributed by atoms with E-state index in [9.17, 15) is 0 Å². The van der Waals surface area contributed by atoms with Crippen LogP contribution < -0.4 is 9.64 Å². The first kappa shape index (κ1) is 12.4. The Bertz CT molecular complexity index is 382. The monoisotopic (exact) mass is 256 g/mol. The molecule has 0 radical (unpaired) electrons. The lowest BCUT2D eigenvalue weighted by molar-refractivity contribution is 0.199. The van der Waals surface area contributed by atoms with Crippen LogP contribution in [0.25, 0.3) is 0 Å². The third-order valence-corrected chi connectivity index (χ3v) is 3.02. The maximum absolute atomic E-state index is 5.89. The Morgan fingerprint density at radius 2 is 2.00 bits per heavy atom. The van der Waals surface area contributed by atoms with E-state index >= 15 is 0 Å². The van der Waals surface area contributed by atoms with E-state index < -0.39 is 0 Å². The van der Waals surface area contributed by atoms with Gasteiger partial charge >= 0.3 is 6.01 Å². The third-order valence-electron chi connectivity index (χ3n) is 2.85. The van der Waals surface area contributed by atoms with Crippen LogP contribution in [0.5, 0.6) is 6.01 Å². The van der Waals surface area contributed by atoms with Crippen molar-refractivity contribution in [2.45, 2.75) is 39.2 Å². The Kier molecular flexibility index (Phi) is 3.99. The Morgan fingerprint density at radius 1 is 1.29 bits per heavy atom. The molecule has 1 atom stereocenters. The molecule has 2 heterocycles. The van der Waals surface area contributed by atoms with Crippen molar-refractivity contribution < 1.29 is 4.74 Å². The standard InChI is InChI=1S/C11H17ClN4O/c1-3-8(2)17-11-14-9(12)13-10(15-11)16-6-4-5-7-16/h8H,3-7H2,1-2H3. The molecule has 2 rings (SSSR count). The van der Waals surface area contributed by atoms with Gasteiger partial charge in [0.1, 0.15) is 0 Å². The minimum atomic E-state index is 0.0832. The van der Waals surface area contributed by atoms with Gasteiger partial charge in [-0.2, -0.15) is 15.0 Å². The number of hydrogen-bond donors (Lipinski definition) is 0. The van der Waals surface area contributed by atoms with Crippen molar-refractivity contribution >= 4 is 17.5 Å². The van der Waals surface area contributed by atoms with Crippen molar-refractivity contribution in [2.75, 3.05) is 18.0 Å². The van der Waals surface area contributed by atoms with E-state index in [1.54, 1.807) is 0 Å². The molecule has 0 bridgehead atoms. The average Bonchev–Trinajstić information content (AvgIpc) is 2.81. The second-order valence-corrected chi connectivity index (χ2v) is 4.56. The lowest BCUT2D eigenvalue weighted by atomic mass is 10.3. The van der Waals surface area contributed by atoms with E-state index in [-0.39, 0.29) is 11.4 Å². The van der Waals surface area contributed by atoms with Crippen LogP contribution in [0.1, 0.15) is 33.1 Å². The zero-order chi connectivity index (χ0) is 12.3. The molecular formula is C11H17ClN4O. The smallest absolute Gasteiger partial charge is 0.322 e. The minimum Gasteiger partial charge on any atom is -0.460 e. The highest BCUT2D eigenvalue weighted by atomic mass is 35.5. The highest BCUT2D eigenvalue weighted by Crippen LogP contribution is 2.20. The molecule has 1 unspecified atom stereocenters. The minimum absolute atomic E-state index is 0.0832. The number of halogens is 1. The molecule has 1 aliphatic heterocycles. The van der Waals surface area contributed by atoms with Crippen molar-refractivity contribution in [1.29, 1.82) is 0 Å². The number of anilines is 1. The van der Waals surface area contributed by atoms with Crippen molar-refractivity contribution in [3.8, 4) is 6.01 Å². The van der Waals surface area contributed by atoms with Gasteiger partial charge in [-0.1, -0.05) is 6.92 Å². The van der Waals surface area contributed by atoms with Gasteiger partial charge in [0, 0.05) is 13.1 Å². The number of aromatic nitrogens is 3. The van der Waals surface area contributed by atoms with Gasteiger partial charge in [-0.15, -0.1) is 0 Å². The normalized spacial score (nSPS) is 17.2. The average molecular weight is 257 g/mol. The van der Waals surface area contributed by atoms with Crippen LogP contribution >= 0.6 is 11.6 Å². The summed E-state index contributed by atoms with van der Waals surface area (Å²) in [6.45, 7) is 5.98. The van der Waals surface area contributed by atoms with Gasteiger partial charge in [0.25, 0.3) is 0 Å². The highest BCUT2D eigenvalue weighted by Gasteiger charge is 2.17. The molecule has 0 N–H and O–H groups in total. The zero-order valence-corrected chi connectivity index (χ0v) is 10.9. The summed E-state index contributed by atoms with van der Waals surface area (Å²) in [5.74, 6) is 0.626. The van der Waals surface area contributed by atoms with E-state index in [0.717, 1.165) is 19.5 Å². The number of rotatable bonds is 4. The first-order valence-corrected chi connectivity index (χ1v) is 6.40. The van der Waals surface area contributed by atoms with Crippen LogP contribution in [0, 0.1) is 0 Å². The van der Waals surface area contributed by atoms with Gasteiger partial charge < -0.3 is 9.64 Å². The molecule has 6 heteroatoms. The van der Waals surface area contributed by atoms with Gasteiger partial charge in [-0.3, -0.25) is 0 Å². The fraction of sp³-hybridized carbons (Fsp3) is 0.727. The third kappa shape index (κ3) is 3.19.